The second kappa shape index (κ2) is 5.17. The normalized spacial score (nSPS) is 17.2. The molecule has 0 aromatic heterocycles. The highest BCUT2D eigenvalue weighted by Crippen LogP contribution is 2.17. The van der Waals surface area contributed by atoms with Crippen molar-refractivity contribution in [2.45, 2.75) is 44.6 Å². The van der Waals surface area contributed by atoms with E-state index >= 15 is 0 Å². The predicted octanol–water partition coefficient (Wildman–Crippen LogP) is 1.11. The topological polar surface area (TPSA) is 55.1 Å². The lowest BCUT2D eigenvalue weighted by Gasteiger charge is -2.11. The molecule has 1 saturated carbocycles. The summed E-state index contributed by atoms with van der Waals surface area (Å²) >= 11 is 4.69. The van der Waals surface area contributed by atoms with Crippen molar-refractivity contribution in [1.82, 2.24) is 5.32 Å². The molecule has 1 amide bonds. The molecule has 0 spiro atoms. The molecule has 0 aromatic rings. The van der Waals surface area contributed by atoms with Gasteiger partial charge >= 0.3 is 0 Å². The molecule has 0 aliphatic heterocycles. The van der Waals surface area contributed by atoms with Crippen LogP contribution in [0, 0.1) is 0 Å². The van der Waals surface area contributed by atoms with Crippen LogP contribution in [0.5, 0.6) is 0 Å². The first-order chi connectivity index (χ1) is 6.18. The van der Waals surface area contributed by atoms with Crippen molar-refractivity contribution in [2.24, 2.45) is 5.73 Å². The zero-order valence-electron chi connectivity index (χ0n) is 7.71. The van der Waals surface area contributed by atoms with E-state index in [1.807, 2.05) is 0 Å². The van der Waals surface area contributed by atoms with E-state index in [0.29, 0.717) is 23.9 Å². The number of amides is 1. The Morgan fingerprint density at radius 2 is 2.00 bits per heavy atom. The molecule has 3 nitrogen and oxygen atoms in total. The minimum Gasteiger partial charge on any atom is -0.393 e. The van der Waals surface area contributed by atoms with Crippen molar-refractivity contribution in [3.05, 3.63) is 0 Å². The van der Waals surface area contributed by atoms with Crippen LogP contribution in [0.3, 0.4) is 0 Å². The molecule has 1 aliphatic carbocycles. The third-order valence-corrected chi connectivity index (χ3v) is 2.52. The number of carbonyl (C=O) groups excluding carboxylic acids is 1. The molecule has 4 heteroatoms. The number of hydrogen-bond donors (Lipinski definition) is 2. The molecule has 0 unspecified atom stereocenters. The maximum atomic E-state index is 11.3. The van der Waals surface area contributed by atoms with Gasteiger partial charge in [-0.25, -0.2) is 0 Å². The van der Waals surface area contributed by atoms with Gasteiger partial charge in [-0.3, -0.25) is 4.79 Å². The molecule has 3 N–H and O–H groups in total. The zero-order chi connectivity index (χ0) is 9.68. The van der Waals surface area contributed by atoms with E-state index in [2.05, 4.69) is 5.32 Å². The SMILES string of the molecule is NC(=S)CCC(=O)NC1CCCC1. The van der Waals surface area contributed by atoms with E-state index in [-0.39, 0.29) is 5.91 Å². The summed E-state index contributed by atoms with van der Waals surface area (Å²) in [6, 6.07) is 0.402. The number of nitrogens with two attached hydrogens (primary N) is 1. The van der Waals surface area contributed by atoms with Crippen molar-refractivity contribution in [2.75, 3.05) is 0 Å². The number of hydrogen-bond acceptors (Lipinski definition) is 2. The fourth-order valence-electron chi connectivity index (χ4n) is 1.61. The first kappa shape index (κ1) is 10.4. The van der Waals surface area contributed by atoms with Gasteiger partial charge in [0, 0.05) is 18.9 Å². The summed E-state index contributed by atoms with van der Waals surface area (Å²) in [5.41, 5.74) is 5.30. The quantitative estimate of drug-likeness (QED) is 0.668. The van der Waals surface area contributed by atoms with Crippen LogP contribution in [0.25, 0.3) is 0 Å². The maximum absolute atomic E-state index is 11.3. The third kappa shape index (κ3) is 4.22. The summed E-state index contributed by atoms with van der Waals surface area (Å²) in [5.74, 6) is 0.0831. The van der Waals surface area contributed by atoms with Gasteiger partial charge in [-0.2, -0.15) is 0 Å². The lowest BCUT2D eigenvalue weighted by Crippen LogP contribution is -2.32. The van der Waals surface area contributed by atoms with Crippen molar-refractivity contribution in [1.29, 1.82) is 0 Å². The van der Waals surface area contributed by atoms with Crippen LogP contribution in [0.1, 0.15) is 38.5 Å². The Hall–Kier alpha value is -0.640. The van der Waals surface area contributed by atoms with Gasteiger partial charge in [-0.05, 0) is 12.8 Å². The van der Waals surface area contributed by atoms with Gasteiger partial charge in [0.2, 0.25) is 5.91 Å². The Labute approximate surface area is 84.1 Å². The number of nitrogens with one attached hydrogen (secondary N) is 1. The van der Waals surface area contributed by atoms with Crippen LogP contribution in [0.4, 0.5) is 0 Å². The lowest BCUT2D eigenvalue weighted by molar-refractivity contribution is -0.121. The van der Waals surface area contributed by atoms with E-state index in [1.165, 1.54) is 12.8 Å². The first-order valence-electron chi connectivity index (χ1n) is 4.76. The van der Waals surface area contributed by atoms with Gasteiger partial charge in [0.25, 0.3) is 0 Å². The van der Waals surface area contributed by atoms with E-state index < -0.39 is 0 Å². The van der Waals surface area contributed by atoms with E-state index in [1.54, 1.807) is 0 Å². The number of rotatable bonds is 4. The van der Waals surface area contributed by atoms with Crippen LogP contribution in [-0.2, 0) is 4.79 Å². The van der Waals surface area contributed by atoms with Crippen LogP contribution in [0.15, 0.2) is 0 Å². The van der Waals surface area contributed by atoms with Crippen molar-refractivity contribution in [3.63, 3.8) is 0 Å². The minimum atomic E-state index is 0.0831. The smallest absolute Gasteiger partial charge is 0.220 e. The standard InChI is InChI=1S/C9H16N2OS/c10-8(13)5-6-9(12)11-7-3-1-2-4-7/h7H,1-6H2,(H2,10,13)(H,11,12). The summed E-state index contributed by atoms with van der Waals surface area (Å²) < 4.78 is 0. The van der Waals surface area contributed by atoms with Crippen molar-refractivity contribution < 1.29 is 4.79 Å². The van der Waals surface area contributed by atoms with E-state index in [9.17, 15) is 4.79 Å². The second-order valence-corrected chi connectivity index (χ2v) is 4.04. The summed E-state index contributed by atoms with van der Waals surface area (Å²) in [4.78, 5) is 11.7. The molecule has 0 radical (unpaired) electrons. The van der Waals surface area contributed by atoms with Crippen molar-refractivity contribution >= 4 is 23.1 Å². The molecule has 0 heterocycles. The van der Waals surface area contributed by atoms with Gasteiger partial charge in [0.15, 0.2) is 0 Å². The molecular weight excluding hydrogens is 184 g/mol. The van der Waals surface area contributed by atoms with E-state index in [0.717, 1.165) is 12.8 Å². The molecule has 0 atom stereocenters. The molecule has 1 rings (SSSR count). The zero-order valence-corrected chi connectivity index (χ0v) is 8.53. The lowest BCUT2D eigenvalue weighted by atomic mass is 10.2. The fraction of sp³-hybridized carbons (Fsp3) is 0.778. The van der Waals surface area contributed by atoms with Gasteiger partial charge in [-0.15, -0.1) is 0 Å². The molecule has 1 fully saturated rings. The van der Waals surface area contributed by atoms with Crippen LogP contribution in [0.2, 0.25) is 0 Å². The van der Waals surface area contributed by atoms with Crippen LogP contribution >= 0.6 is 12.2 Å². The van der Waals surface area contributed by atoms with Gasteiger partial charge in [0.1, 0.15) is 0 Å². The largest absolute Gasteiger partial charge is 0.393 e. The Balaban J connectivity index is 2.13. The average molecular weight is 200 g/mol. The van der Waals surface area contributed by atoms with Crippen molar-refractivity contribution in [3.8, 4) is 0 Å². The van der Waals surface area contributed by atoms with Gasteiger partial charge in [0.05, 0.1) is 4.99 Å². The summed E-state index contributed by atoms with van der Waals surface area (Å²) in [6.45, 7) is 0. The highest BCUT2D eigenvalue weighted by molar-refractivity contribution is 7.80. The summed E-state index contributed by atoms with van der Waals surface area (Å²) in [5, 5.41) is 2.98. The fourth-order valence-corrected chi connectivity index (χ4v) is 1.71. The molecular formula is C9H16N2OS. The molecule has 74 valence electrons. The predicted molar refractivity (Wildman–Crippen MR) is 56.4 cm³/mol. The third-order valence-electron chi connectivity index (χ3n) is 2.32. The molecule has 0 bridgehead atoms. The molecule has 0 aromatic carbocycles. The summed E-state index contributed by atoms with van der Waals surface area (Å²) in [6.07, 6.45) is 5.68. The van der Waals surface area contributed by atoms with E-state index in [4.69, 9.17) is 18.0 Å². The Bertz CT molecular complexity index is 200. The molecule has 0 saturated heterocycles. The average Bonchev–Trinajstić information content (AvgIpc) is 2.53. The monoisotopic (exact) mass is 200 g/mol. The Morgan fingerprint density at radius 1 is 1.38 bits per heavy atom. The molecule has 1 aliphatic rings. The number of carbonyl (C=O) groups is 1. The Morgan fingerprint density at radius 3 is 2.54 bits per heavy atom. The van der Waals surface area contributed by atoms with Crippen LogP contribution in [-0.4, -0.2) is 16.9 Å². The first-order valence-corrected chi connectivity index (χ1v) is 5.17. The van der Waals surface area contributed by atoms with Crippen LogP contribution < -0.4 is 11.1 Å². The highest BCUT2D eigenvalue weighted by atomic mass is 32.1. The van der Waals surface area contributed by atoms with Gasteiger partial charge < -0.3 is 11.1 Å². The summed E-state index contributed by atoms with van der Waals surface area (Å²) in [7, 11) is 0. The second-order valence-electron chi connectivity index (χ2n) is 3.52. The number of thiocarbonyl (C=S) groups is 1. The highest BCUT2D eigenvalue weighted by Gasteiger charge is 2.16. The minimum absolute atomic E-state index is 0.0831. The molecule has 13 heavy (non-hydrogen) atoms. The Kier molecular flexibility index (Phi) is 4.15. The maximum Gasteiger partial charge on any atom is 0.220 e. The van der Waals surface area contributed by atoms with Gasteiger partial charge in [-0.1, -0.05) is 25.1 Å².